The highest BCUT2D eigenvalue weighted by Crippen LogP contribution is 2.24. The largest absolute Gasteiger partial charge is 0.342 e. The van der Waals surface area contributed by atoms with Gasteiger partial charge >= 0.3 is 0 Å². The topological polar surface area (TPSA) is 66.4 Å². The van der Waals surface area contributed by atoms with Gasteiger partial charge in [0.15, 0.2) is 5.82 Å². The highest BCUT2D eigenvalue weighted by atomic mass is 16.2. The number of rotatable bonds is 4. The minimum Gasteiger partial charge on any atom is -0.342 e. The van der Waals surface area contributed by atoms with E-state index < -0.39 is 0 Å². The van der Waals surface area contributed by atoms with Crippen molar-refractivity contribution in [1.29, 1.82) is 0 Å². The first-order chi connectivity index (χ1) is 13.2. The van der Waals surface area contributed by atoms with Gasteiger partial charge in [-0.05, 0) is 12.8 Å². The summed E-state index contributed by atoms with van der Waals surface area (Å²) in [5.41, 5.74) is 2.90. The SMILES string of the molecule is O=C1CCCCCN1CCC(=O)N1Cc2cnc(-c3ccccc3)nc2C1. The standard InChI is InChI=1S/C21H24N4O2/c26-19-9-5-2-6-11-24(19)12-10-20(27)25-14-17-13-22-21(23-18(17)15-25)16-7-3-1-4-8-16/h1,3-4,7-8,13H,2,5-6,9-12,14-15H2. The maximum absolute atomic E-state index is 12.6. The monoisotopic (exact) mass is 364 g/mol. The van der Waals surface area contributed by atoms with Gasteiger partial charge in [-0.3, -0.25) is 9.59 Å². The van der Waals surface area contributed by atoms with E-state index in [0.29, 0.717) is 38.3 Å². The van der Waals surface area contributed by atoms with Crippen molar-refractivity contribution < 1.29 is 9.59 Å². The van der Waals surface area contributed by atoms with Crippen molar-refractivity contribution in [3.05, 3.63) is 47.8 Å². The molecule has 0 radical (unpaired) electrons. The number of carbonyl (C=O) groups excluding carboxylic acids is 2. The van der Waals surface area contributed by atoms with Gasteiger partial charge in [0, 0.05) is 49.8 Å². The maximum Gasteiger partial charge on any atom is 0.225 e. The van der Waals surface area contributed by atoms with Crippen molar-refractivity contribution in [2.24, 2.45) is 0 Å². The summed E-state index contributed by atoms with van der Waals surface area (Å²) in [6.45, 7) is 2.37. The van der Waals surface area contributed by atoms with Crippen LogP contribution in [-0.4, -0.2) is 44.7 Å². The van der Waals surface area contributed by atoms with E-state index in [0.717, 1.165) is 42.6 Å². The number of nitrogens with zero attached hydrogens (tertiary/aromatic N) is 4. The van der Waals surface area contributed by atoms with Crippen LogP contribution in [0.1, 0.15) is 43.4 Å². The summed E-state index contributed by atoms with van der Waals surface area (Å²) in [5.74, 6) is 0.952. The fraction of sp³-hybridized carbons (Fsp3) is 0.429. The lowest BCUT2D eigenvalue weighted by Gasteiger charge is -2.22. The Hall–Kier alpha value is -2.76. The van der Waals surface area contributed by atoms with Gasteiger partial charge in [-0.15, -0.1) is 0 Å². The van der Waals surface area contributed by atoms with Crippen LogP contribution in [0.3, 0.4) is 0 Å². The number of amides is 2. The zero-order chi connectivity index (χ0) is 18.6. The quantitative estimate of drug-likeness (QED) is 0.837. The molecule has 2 aliphatic heterocycles. The molecule has 4 rings (SSSR count). The van der Waals surface area contributed by atoms with Gasteiger partial charge in [-0.2, -0.15) is 0 Å². The number of hydrogen-bond acceptors (Lipinski definition) is 4. The molecule has 1 fully saturated rings. The van der Waals surface area contributed by atoms with Crippen LogP contribution >= 0.6 is 0 Å². The average molecular weight is 364 g/mol. The molecule has 6 heteroatoms. The summed E-state index contributed by atoms with van der Waals surface area (Å²) in [4.78, 5) is 37.5. The van der Waals surface area contributed by atoms with Crippen molar-refractivity contribution in [2.45, 2.75) is 45.2 Å². The minimum atomic E-state index is 0.0753. The van der Waals surface area contributed by atoms with Crippen LogP contribution in [0.25, 0.3) is 11.4 Å². The van der Waals surface area contributed by atoms with E-state index in [1.807, 2.05) is 46.3 Å². The molecular formula is C21H24N4O2. The van der Waals surface area contributed by atoms with Crippen molar-refractivity contribution in [3.63, 3.8) is 0 Å². The molecule has 2 aromatic rings. The highest BCUT2D eigenvalue weighted by Gasteiger charge is 2.26. The summed E-state index contributed by atoms with van der Waals surface area (Å²) >= 11 is 0. The van der Waals surface area contributed by atoms with Crippen LogP contribution in [0.5, 0.6) is 0 Å². The second-order valence-corrected chi connectivity index (χ2v) is 7.22. The summed E-state index contributed by atoms with van der Waals surface area (Å²) in [6, 6.07) is 9.86. The predicted octanol–water partition coefficient (Wildman–Crippen LogP) is 2.78. The molecule has 3 heterocycles. The van der Waals surface area contributed by atoms with Crippen LogP contribution in [0.4, 0.5) is 0 Å². The third kappa shape index (κ3) is 3.99. The van der Waals surface area contributed by atoms with E-state index in [9.17, 15) is 9.59 Å². The fourth-order valence-corrected chi connectivity index (χ4v) is 3.72. The lowest BCUT2D eigenvalue weighted by molar-refractivity contribution is -0.134. The van der Waals surface area contributed by atoms with Gasteiger partial charge < -0.3 is 9.80 Å². The third-order valence-corrected chi connectivity index (χ3v) is 5.31. The Bertz CT molecular complexity index is 837. The van der Waals surface area contributed by atoms with Gasteiger partial charge in [0.05, 0.1) is 12.2 Å². The molecule has 0 bridgehead atoms. The Kier molecular flexibility index (Phi) is 5.14. The fourth-order valence-electron chi connectivity index (χ4n) is 3.72. The number of hydrogen-bond donors (Lipinski definition) is 0. The highest BCUT2D eigenvalue weighted by molar-refractivity contribution is 5.79. The molecule has 0 unspecified atom stereocenters. The molecule has 2 amide bonds. The van der Waals surface area contributed by atoms with Gasteiger partial charge in [0.1, 0.15) is 0 Å². The smallest absolute Gasteiger partial charge is 0.225 e. The third-order valence-electron chi connectivity index (χ3n) is 5.31. The second kappa shape index (κ2) is 7.86. The van der Waals surface area contributed by atoms with Crippen molar-refractivity contribution in [3.8, 4) is 11.4 Å². The van der Waals surface area contributed by atoms with E-state index in [4.69, 9.17) is 0 Å². The molecule has 0 aliphatic carbocycles. The number of benzene rings is 1. The van der Waals surface area contributed by atoms with Gasteiger partial charge in [0.2, 0.25) is 11.8 Å². The first-order valence-corrected chi connectivity index (χ1v) is 9.66. The van der Waals surface area contributed by atoms with Crippen LogP contribution in [0, 0.1) is 0 Å². The Morgan fingerprint density at radius 1 is 1.07 bits per heavy atom. The molecule has 0 N–H and O–H groups in total. The summed E-state index contributed by atoms with van der Waals surface area (Å²) < 4.78 is 0. The van der Waals surface area contributed by atoms with Crippen molar-refractivity contribution in [1.82, 2.24) is 19.8 Å². The molecule has 1 aromatic carbocycles. The molecule has 27 heavy (non-hydrogen) atoms. The predicted molar refractivity (Wildman–Crippen MR) is 101 cm³/mol. The number of likely N-dealkylation sites (tertiary alicyclic amines) is 1. The summed E-state index contributed by atoms with van der Waals surface area (Å²) in [6.07, 6.45) is 5.91. The number of fused-ring (bicyclic) bond motifs is 1. The Balaban J connectivity index is 1.37. The summed E-state index contributed by atoms with van der Waals surface area (Å²) in [5, 5.41) is 0. The Labute approximate surface area is 159 Å². The molecule has 0 spiro atoms. The van der Waals surface area contributed by atoms with E-state index in [1.165, 1.54) is 0 Å². The van der Waals surface area contributed by atoms with Gasteiger partial charge in [0.25, 0.3) is 0 Å². The Morgan fingerprint density at radius 2 is 1.93 bits per heavy atom. The van der Waals surface area contributed by atoms with Crippen LogP contribution in [-0.2, 0) is 22.7 Å². The average Bonchev–Trinajstić information content (AvgIpc) is 3.03. The Morgan fingerprint density at radius 3 is 2.78 bits per heavy atom. The van der Waals surface area contributed by atoms with Crippen molar-refractivity contribution >= 4 is 11.8 Å². The van der Waals surface area contributed by atoms with Gasteiger partial charge in [-0.1, -0.05) is 36.8 Å². The molecule has 6 nitrogen and oxygen atoms in total. The minimum absolute atomic E-state index is 0.0753. The van der Waals surface area contributed by atoms with E-state index >= 15 is 0 Å². The maximum atomic E-state index is 12.6. The van der Waals surface area contributed by atoms with E-state index in [2.05, 4.69) is 9.97 Å². The second-order valence-electron chi connectivity index (χ2n) is 7.22. The van der Waals surface area contributed by atoms with Gasteiger partial charge in [-0.25, -0.2) is 9.97 Å². The number of carbonyl (C=O) groups is 2. The lowest BCUT2D eigenvalue weighted by Crippen LogP contribution is -2.35. The van der Waals surface area contributed by atoms with E-state index in [-0.39, 0.29) is 11.8 Å². The molecule has 1 aromatic heterocycles. The first-order valence-electron chi connectivity index (χ1n) is 9.66. The normalized spacial score (nSPS) is 17.0. The molecular weight excluding hydrogens is 340 g/mol. The first kappa shape index (κ1) is 17.6. The van der Waals surface area contributed by atoms with Crippen molar-refractivity contribution in [2.75, 3.05) is 13.1 Å². The zero-order valence-electron chi connectivity index (χ0n) is 15.4. The zero-order valence-corrected chi connectivity index (χ0v) is 15.4. The van der Waals surface area contributed by atoms with Crippen LogP contribution in [0.15, 0.2) is 36.5 Å². The molecule has 0 atom stereocenters. The van der Waals surface area contributed by atoms with Crippen LogP contribution < -0.4 is 0 Å². The van der Waals surface area contributed by atoms with E-state index in [1.54, 1.807) is 0 Å². The number of aromatic nitrogens is 2. The molecule has 0 saturated carbocycles. The summed E-state index contributed by atoms with van der Waals surface area (Å²) in [7, 11) is 0. The molecule has 1 saturated heterocycles. The lowest BCUT2D eigenvalue weighted by atomic mass is 10.2. The van der Waals surface area contributed by atoms with Crippen LogP contribution in [0.2, 0.25) is 0 Å². The molecule has 2 aliphatic rings. The molecule has 140 valence electrons.